The van der Waals surface area contributed by atoms with Crippen LogP contribution in [0.2, 0.25) is 0 Å². The average molecular weight is 226 g/mol. The number of rotatable bonds is 1. The Kier molecular flexibility index (Phi) is 3.69. The van der Waals surface area contributed by atoms with Crippen LogP contribution in [-0.2, 0) is 0 Å². The first kappa shape index (κ1) is 11.7. The molecule has 2 heterocycles. The lowest BCUT2D eigenvalue weighted by molar-refractivity contribution is 0.113. The molecular weight excluding hydrogens is 204 g/mol. The molecule has 0 aromatic rings. The van der Waals surface area contributed by atoms with Gasteiger partial charge in [0.2, 0.25) is 0 Å². The van der Waals surface area contributed by atoms with E-state index in [0.29, 0.717) is 0 Å². The fraction of sp³-hybridized carbons (Fsp3) is 0.917. The predicted octanol–water partition coefficient (Wildman–Crippen LogP) is 1.30. The number of hydrogen-bond acceptors (Lipinski definition) is 2. The maximum atomic E-state index is 12.2. The van der Waals surface area contributed by atoms with Crippen LogP contribution in [0, 0.1) is 5.92 Å². The first-order valence-corrected chi connectivity index (χ1v) is 6.38. The lowest BCUT2D eigenvalue weighted by atomic mass is 9.99. The monoisotopic (exact) mass is 226 g/mol. The lowest BCUT2D eigenvalue weighted by Crippen LogP contribution is -2.49. The number of carbonyl (C=O) groups is 1. The zero-order valence-corrected chi connectivity index (χ0v) is 10.1. The maximum Gasteiger partial charge on any atom is 0.320 e. The largest absolute Gasteiger partial charge is 0.394 e. The Morgan fingerprint density at radius 2 is 1.94 bits per heavy atom. The van der Waals surface area contributed by atoms with E-state index in [9.17, 15) is 9.90 Å². The molecule has 0 radical (unpaired) electrons. The number of nitrogens with zero attached hydrogens (tertiary/aromatic N) is 2. The van der Waals surface area contributed by atoms with Crippen LogP contribution >= 0.6 is 0 Å². The van der Waals surface area contributed by atoms with Gasteiger partial charge in [-0.05, 0) is 31.6 Å². The van der Waals surface area contributed by atoms with Crippen molar-refractivity contribution in [1.82, 2.24) is 9.80 Å². The third-order valence-corrected chi connectivity index (χ3v) is 3.89. The molecule has 0 aromatic carbocycles. The standard InChI is InChI=1S/C12H22N2O2/c1-10-4-7-13(8-5-10)12(16)14-6-2-3-11(14)9-15/h10-11,15H,2-9H2,1H3. The Morgan fingerprint density at radius 3 is 2.56 bits per heavy atom. The number of amides is 2. The van der Waals surface area contributed by atoms with Gasteiger partial charge in [-0.25, -0.2) is 4.79 Å². The van der Waals surface area contributed by atoms with Gasteiger partial charge >= 0.3 is 6.03 Å². The summed E-state index contributed by atoms with van der Waals surface area (Å²) < 4.78 is 0. The summed E-state index contributed by atoms with van der Waals surface area (Å²) in [5.41, 5.74) is 0. The van der Waals surface area contributed by atoms with Crippen molar-refractivity contribution in [3.05, 3.63) is 0 Å². The summed E-state index contributed by atoms with van der Waals surface area (Å²) >= 11 is 0. The number of aliphatic hydroxyl groups is 1. The molecule has 1 N–H and O–H groups in total. The second kappa shape index (κ2) is 5.04. The summed E-state index contributed by atoms with van der Waals surface area (Å²) in [5.74, 6) is 0.747. The molecule has 0 spiro atoms. The van der Waals surface area contributed by atoms with Crippen molar-refractivity contribution in [1.29, 1.82) is 0 Å². The Morgan fingerprint density at radius 1 is 1.25 bits per heavy atom. The van der Waals surface area contributed by atoms with E-state index in [1.54, 1.807) is 0 Å². The molecule has 2 aliphatic heterocycles. The Balaban J connectivity index is 1.91. The van der Waals surface area contributed by atoms with E-state index < -0.39 is 0 Å². The second-order valence-corrected chi connectivity index (χ2v) is 5.12. The second-order valence-electron chi connectivity index (χ2n) is 5.12. The smallest absolute Gasteiger partial charge is 0.320 e. The van der Waals surface area contributed by atoms with E-state index in [0.717, 1.165) is 51.2 Å². The van der Waals surface area contributed by atoms with E-state index in [1.165, 1.54) is 0 Å². The van der Waals surface area contributed by atoms with Crippen molar-refractivity contribution in [3.63, 3.8) is 0 Å². The summed E-state index contributed by atoms with van der Waals surface area (Å²) in [4.78, 5) is 16.0. The lowest BCUT2D eigenvalue weighted by Gasteiger charge is -2.35. The minimum atomic E-state index is 0.0619. The number of aliphatic hydroxyl groups excluding tert-OH is 1. The van der Waals surface area contributed by atoms with E-state index in [1.807, 2.05) is 9.80 Å². The summed E-state index contributed by atoms with van der Waals surface area (Å²) in [6.45, 7) is 4.93. The van der Waals surface area contributed by atoms with Crippen molar-refractivity contribution < 1.29 is 9.90 Å². The fourth-order valence-electron chi connectivity index (χ4n) is 2.66. The summed E-state index contributed by atoms with van der Waals surface area (Å²) in [6.07, 6.45) is 4.21. The SMILES string of the molecule is CC1CCN(C(=O)N2CCCC2CO)CC1. The normalized spacial score (nSPS) is 27.5. The molecular formula is C12H22N2O2. The summed E-state index contributed by atoms with van der Waals surface area (Å²) in [5, 5.41) is 9.21. The minimum absolute atomic E-state index is 0.0619. The first-order chi connectivity index (χ1) is 7.72. The van der Waals surface area contributed by atoms with Gasteiger partial charge in [0, 0.05) is 19.6 Å². The zero-order valence-electron chi connectivity index (χ0n) is 10.1. The molecule has 2 amide bonds. The molecule has 2 fully saturated rings. The predicted molar refractivity (Wildman–Crippen MR) is 62.2 cm³/mol. The molecule has 4 heteroatoms. The molecule has 0 saturated carbocycles. The highest BCUT2D eigenvalue weighted by molar-refractivity contribution is 5.75. The number of likely N-dealkylation sites (tertiary alicyclic amines) is 2. The molecule has 92 valence electrons. The fourth-order valence-corrected chi connectivity index (χ4v) is 2.66. The van der Waals surface area contributed by atoms with Crippen LogP contribution in [0.15, 0.2) is 0 Å². The van der Waals surface area contributed by atoms with Crippen LogP contribution in [0.25, 0.3) is 0 Å². The van der Waals surface area contributed by atoms with Crippen molar-refractivity contribution >= 4 is 6.03 Å². The van der Waals surface area contributed by atoms with Crippen LogP contribution in [0.4, 0.5) is 4.79 Å². The Hall–Kier alpha value is -0.770. The number of piperidine rings is 1. The number of carbonyl (C=O) groups excluding carboxylic acids is 1. The molecule has 2 aliphatic rings. The molecule has 2 rings (SSSR count). The first-order valence-electron chi connectivity index (χ1n) is 6.38. The van der Waals surface area contributed by atoms with Crippen LogP contribution in [-0.4, -0.2) is 53.2 Å². The zero-order chi connectivity index (χ0) is 11.5. The highest BCUT2D eigenvalue weighted by Gasteiger charge is 2.32. The van der Waals surface area contributed by atoms with Crippen LogP contribution in [0.1, 0.15) is 32.6 Å². The van der Waals surface area contributed by atoms with E-state index in [-0.39, 0.29) is 18.7 Å². The van der Waals surface area contributed by atoms with Crippen LogP contribution in [0.3, 0.4) is 0 Å². The van der Waals surface area contributed by atoms with Gasteiger partial charge < -0.3 is 14.9 Å². The highest BCUT2D eigenvalue weighted by atomic mass is 16.3. The summed E-state index contributed by atoms with van der Waals surface area (Å²) in [6, 6.07) is 0.204. The van der Waals surface area contributed by atoms with E-state index >= 15 is 0 Å². The molecule has 1 atom stereocenters. The summed E-state index contributed by atoms with van der Waals surface area (Å²) in [7, 11) is 0. The number of urea groups is 1. The van der Waals surface area contributed by atoms with Crippen molar-refractivity contribution in [2.24, 2.45) is 5.92 Å². The van der Waals surface area contributed by atoms with E-state index in [2.05, 4.69) is 6.92 Å². The minimum Gasteiger partial charge on any atom is -0.394 e. The van der Waals surface area contributed by atoms with Gasteiger partial charge in [0.1, 0.15) is 0 Å². The van der Waals surface area contributed by atoms with Gasteiger partial charge in [0.05, 0.1) is 12.6 Å². The third kappa shape index (κ3) is 2.32. The van der Waals surface area contributed by atoms with Gasteiger partial charge in [-0.3, -0.25) is 0 Å². The third-order valence-electron chi connectivity index (χ3n) is 3.89. The molecule has 0 aliphatic carbocycles. The maximum absolute atomic E-state index is 12.2. The quantitative estimate of drug-likeness (QED) is 0.732. The van der Waals surface area contributed by atoms with Gasteiger partial charge in [0.15, 0.2) is 0 Å². The number of hydrogen-bond donors (Lipinski definition) is 1. The Labute approximate surface area is 97.2 Å². The van der Waals surface area contributed by atoms with Crippen molar-refractivity contribution in [2.75, 3.05) is 26.2 Å². The topological polar surface area (TPSA) is 43.8 Å². The van der Waals surface area contributed by atoms with E-state index in [4.69, 9.17) is 0 Å². The average Bonchev–Trinajstić information content (AvgIpc) is 2.77. The van der Waals surface area contributed by atoms with Crippen LogP contribution in [0.5, 0.6) is 0 Å². The molecule has 4 nitrogen and oxygen atoms in total. The van der Waals surface area contributed by atoms with Crippen LogP contribution < -0.4 is 0 Å². The molecule has 1 unspecified atom stereocenters. The van der Waals surface area contributed by atoms with Gasteiger partial charge in [0.25, 0.3) is 0 Å². The highest BCUT2D eigenvalue weighted by Crippen LogP contribution is 2.22. The molecule has 0 bridgehead atoms. The van der Waals surface area contributed by atoms with Gasteiger partial charge in [-0.1, -0.05) is 6.92 Å². The van der Waals surface area contributed by atoms with Crippen molar-refractivity contribution in [3.8, 4) is 0 Å². The molecule has 2 saturated heterocycles. The van der Waals surface area contributed by atoms with Crippen molar-refractivity contribution in [2.45, 2.75) is 38.6 Å². The van der Waals surface area contributed by atoms with Gasteiger partial charge in [-0.15, -0.1) is 0 Å². The molecule has 16 heavy (non-hydrogen) atoms. The molecule has 0 aromatic heterocycles. The Bertz CT molecular complexity index is 249. The van der Waals surface area contributed by atoms with Gasteiger partial charge in [-0.2, -0.15) is 0 Å².